The van der Waals surface area contributed by atoms with E-state index in [0.717, 1.165) is 11.3 Å². The number of anilines is 2. The molecule has 1 saturated heterocycles. The van der Waals surface area contributed by atoms with Gasteiger partial charge in [-0.15, -0.1) is 16.4 Å². The Hall–Kier alpha value is -3.92. The third kappa shape index (κ3) is 3.16. The number of hydrogen-bond donors (Lipinski definition) is 1. The summed E-state index contributed by atoms with van der Waals surface area (Å²) in [5.41, 5.74) is 2.61. The molecule has 0 saturated carbocycles. The molecule has 0 aliphatic carbocycles. The van der Waals surface area contributed by atoms with Crippen LogP contribution in [-0.2, 0) is 9.59 Å². The quantitative estimate of drug-likeness (QED) is 0.516. The Morgan fingerprint density at radius 3 is 2.84 bits per heavy atom. The maximum absolute atomic E-state index is 12.9. The average molecular weight is 447 g/mol. The Bertz CT molecular complexity index is 1350. The number of thiazole rings is 1. The van der Waals surface area contributed by atoms with E-state index in [9.17, 15) is 9.59 Å². The predicted octanol–water partition coefficient (Wildman–Crippen LogP) is 3.18. The highest BCUT2D eigenvalue weighted by atomic mass is 32.1. The van der Waals surface area contributed by atoms with Crippen LogP contribution in [0.4, 0.5) is 11.6 Å². The Kier molecular flexibility index (Phi) is 4.32. The number of nitrogens with one attached hydrogen (secondary N) is 1. The van der Waals surface area contributed by atoms with E-state index in [-0.39, 0.29) is 37.5 Å². The SMILES string of the molecule is O=C(Nc1nc2scc(-c3ccccc3)n2n1)C1CC(=O)N(c2ccc3c(c2)OCO3)C1. The molecule has 1 atom stereocenters. The van der Waals surface area contributed by atoms with Gasteiger partial charge in [0.2, 0.25) is 29.5 Å². The van der Waals surface area contributed by atoms with Gasteiger partial charge in [-0.05, 0) is 12.1 Å². The number of aromatic nitrogens is 3. The molecule has 1 fully saturated rings. The molecule has 2 aliphatic heterocycles. The minimum absolute atomic E-state index is 0.117. The first-order valence-corrected chi connectivity index (χ1v) is 10.9. The minimum Gasteiger partial charge on any atom is -0.454 e. The largest absolute Gasteiger partial charge is 0.454 e. The first-order valence-electron chi connectivity index (χ1n) is 10.1. The van der Waals surface area contributed by atoms with Crippen LogP contribution < -0.4 is 19.7 Å². The maximum atomic E-state index is 12.9. The van der Waals surface area contributed by atoms with Crippen LogP contribution in [0.1, 0.15) is 6.42 Å². The fraction of sp³-hybridized carbons (Fsp3) is 0.182. The van der Waals surface area contributed by atoms with Gasteiger partial charge in [-0.25, -0.2) is 4.52 Å². The normalized spacial score (nSPS) is 17.3. The lowest BCUT2D eigenvalue weighted by Crippen LogP contribution is -2.28. The molecule has 0 radical (unpaired) electrons. The van der Waals surface area contributed by atoms with Crippen molar-refractivity contribution in [3.8, 4) is 22.8 Å². The molecule has 4 aromatic rings. The van der Waals surface area contributed by atoms with Crippen LogP contribution in [0.15, 0.2) is 53.9 Å². The summed E-state index contributed by atoms with van der Waals surface area (Å²) in [5.74, 6) is 0.585. The van der Waals surface area contributed by atoms with Crippen molar-refractivity contribution in [2.75, 3.05) is 23.6 Å². The van der Waals surface area contributed by atoms with Crippen LogP contribution in [0.2, 0.25) is 0 Å². The number of amides is 2. The van der Waals surface area contributed by atoms with Crippen LogP contribution in [0.3, 0.4) is 0 Å². The standard InChI is InChI=1S/C22H17N5O4S/c28-19-8-14(10-26(19)15-6-7-17-18(9-15)31-12-30-17)20(29)23-21-24-22-27(25-21)16(11-32-22)13-4-2-1-3-5-13/h1-7,9,11,14H,8,10,12H2,(H,23,25,29). The molecular formula is C22H17N5O4S. The zero-order valence-electron chi connectivity index (χ0n) is 16.7. The summed E-state index contributed by atoms with van der Waals surface area (Å²) in [6.07, 6.45) is 0.123. The van der Waals surface area contributed by atoms with Crippen molar-refractivity contribution in [2.24, 2.45) is 5.92 Å². The van der Waals surface area contributed by atoms with Gasteiger partial charge in [-0.3, -0.25) is 14.9 Å². The highest BCUT2D eigenvalue weighted by Crippen LogP contribution is 2.37. The fourth-order valence-electron chi connectivity index (χ4n) is 3.94. The molecule has 2 aromatic carbocycles. The summed E-state index contributed by atoms with van der Waals surface area (Å²) >= 11 is 1.45. The molecule has 6 rings (SSSR count). The summed E-state index contributed by atoms with van der Waals surface area (Å²) in [4.78, 5) is 32.1. The van der Waals surface area contributed by atoms with Crippen LogP contribution in [0, 0.1) is 5.92 Å². The lowest BCUT2D eigenvalue weighted by molar-refractivity contribution is -0.122. The van der Waals surface area contributed by atoms with Gasteiger partial charge >= 0.3 is 0 Å². The topological polar surface area (TPSA) is 98.1 Å². The third-order valence-corrected chi connectivity index (χ3v) is 6.37. The molecule has 160 valence electrons. The van der Waals surface area contributed by atoms with E-state index < -0.39 is 5.92 Å². The molecule has 2 aromatic heterocycles. The molecule has 0 spiro atoms. The van der Waals surface area contributed by atoms with Crippen LogP contribution in [-0.4, -0.2) is 39.8 Å². The number of rotatable bonds is 4. The van der Waals surface area contributed by atoms with Gasteiger partial charge in [-0.2, -0.15) is 4.98 Å². The molecule has 32 heavy (non-hydrogen) atoms. The molecular weight excluding hydrogens is 430 g/mol. The summed E-state index contributed by atoms with van der Waals surface area (Å²) in [7, 11) is 0. The Labute approximate surface area is 186 Å². The lowest BCUT2D eigenvalue weighted by atomic mass is 10.1. The number of nitrogens with zero attached hydrogens (tertiary/aromatic N) is 4. The van der Waals surface area contributed by atoms with E-state index in [4.69, 9.17) is 9.47 Å². The first-order chi connectivity index (χ1) is 15.7. The van der Waals surface area contributed by atoms with Crippen LogP contribution in [0.5, 0.6) is 11.5 Å². The third-order valence-electron chi connectivity index (χ3n) is 5.55. The van der Waals surface area contributed by atoms with Crippen molar-refractivity contribution in [3.05, 3.63) is 53.9 Å². The van der Waals surface area contributed by atoms with Gasteiger partial charge in [0.25, 0.3) is 0 Å². The second kappa shape index (κ2) is 7.34. The molecule has 2 aliphatic rings. The maximum Gasteiger partial charge on any atom is 0.250 e. The number of fused-ring (bicyclic) bond motifs is 2. The highest BCUT2D eigenvalue weighted by molar-refractivity contribution is 7.15. The molecule has 10 heteroatoms. The average Bonchev–Trinajstić information content (AvgIpc) is 3.57. The van der Waals surface area contributed by atoms with E-state index in [0.29, 0.717) is 22.1 Å². The second-order valence-corrected chi connectivity index (χ2v) is 8.39. The van der Waals surface area contributed by atoms with Gasteiger partial charge in [0, 0.05) is 35.7 Å². The van der Waals surface area contributed by atoms with Crippen molar-refractivity contribution < 1.29 is 19.1 Å². The molecule has 1 unspecified atom stereocenters. The summed E-state index contributed by atoms with van der Waals surface area (Å²) in [5, 5.41) is 9.21. The van der Waals surface area contributed by atoms with Crippen LogP contribution >= 0.6 is 11.3 Å². The van der Waals surface area contributed by atoms with E-state index in [1.807, 2.05) is 35.7 Å². The molecule has 2 amide bonds. The van der Waals surface area contributed by atoms with Crippen molar-refractivity contribution in [1.29, 1.82) is 0 Å². The van der Waals surface area contributed by atoms with E-state index in [1.54, 1.807) is 27.6 Å². The summed E-state index contributed by atoms with van der Waals surface area (Å²) in [6, 6.07) is 15.2. The van der Waals surface area contributed by atoms with Crippen molar-refractivity contribution in [3.63, 3.8) is 0 Å². The van der Waals surface area contributed by atoms with Crippen molar-refractivity contribution >= 4 is 39.7 Å². The fourth-order valence-corrected chi connectivity index (χ4v) is 4.77. The highest BCUT2D eigenvalue weighted by Gasteiger charge is 2.36. The zero-order valence-corrected chi connectivity index (χ0v) is 17.5. The number of carbonyl (C=O) groups is 2. The van der Waals surface area contributed by atoms with Gasteiger partial charge in [-0.1, -0.05) is 30.3 Å². The van der Waals surface area contributed by atoms with E-state index >= 15 is 0 Å². The van der Waals surface area contributed by atoms with Gasteiger partial charge < -0.3 is 14.4 Å². The van der Waals surface area contributed by atoms with Gasteiger partial charge in [0.1, 0.15) is 0 Å². The Morgan fingerprint density at radius 1 is 1.12 bits per heavy atom. The smallest absolute Gasteiger partial charge is 0.250 e. The van der Waals surface area contributed by atoms with Crippen molar-refractivity contribution in [2.45, 2.75) is 6.42 Å². The summed E-state index contributed by atoms with van der Waals surface area (Å²) < 4.78 is 12.4. The van der Waals surface area contributed by atoms with Gasteiger partial charge in [0.05, 0.1) is 11.6 Å². The minimum atomic E-state index is -0.497. The van der Waals surface area contributed by atoms with Crippen LogP contribution in [0.25, 0.3) is 16.2 Å². The molecule has 1 N–H and O–H groups in total. The second-order valence-electron chi connectivity index (χ2n) is 7.55. The van der Waals surface area contributed by atoms with E-state index in [1.165, 1.54) is 11.3 Å². The Balaban J connectivity index is 1.18. The number of hydrogen-bond acceptors (Lipinski definition) is 7. The van der Waals surface area contributed by atoms with Crippen molar-refractivity contribution in [1.82, 2.24) is 14.6 Å². The van der Waals surface area contributed by atoms with Gasteiger partial charge in [0.15, 0.2) is 11.5 Å². The Morgan fingerprint density at radius 2 is 1.97 bits per heavy atom. The molecule has 9 nitrogen and oxygen atoms in total. The van der Waals surface area contributed by atoms with E-state index in [2.05, 4.69) is 15.4 Å². The molecule has 4 heterocycles. The summed E-state index contributed by atoms with van der Waals surface area (Å²) in [6.45, 7) is 0.445. The monoisotopic (exact) mass is 447 g/mol. The number of benzene rings is 2. The zero-order chi connectivity index (χ0) is 21.7. The lowest BCUT2D eigenvalue weighted by Gasteiger charge is -2.16. The number of carbonyl (C=O) groups excluding carboxylic acids is 2. The first kappa shape index (κ1) is 18.8. The predicted molar refractivity (Wildman–Crippen MR) is 118 cm³/mol. The number of ether oxygens (including phenoxy) is 2. The molecule has 0 bridgehead atoms.